The molecule has 0 radical (unpaired) electrons. The maximum absolute atomic E-state index is 11.7. The number of para-hydroxylation sites is 1. The van der Waals surface area contributed by atoms with Crippen LogP contribution in [0.5, 0.6) is 0 Å². The summed E-state index contributed by atoms with van der Waals surface area (Å²) >= 11 is 0. The van der Waals surface area contributed by atoms with Gasteiger partial charge in [0.05, 0.1) is 19.6 Å². The van der Waals surface area contributed by atoms with Crippen molar-refractivity contribution in [2.24, 2.45) is 0 Å². The van der Waals surface area contributed by atoms with Gasteiger partial charge in [-0.05, 0) is 11.6 Å². The minimum atomic E-state index is -0.206. The van der Waals surface area contributed by atoms with E-state index < -0.39 is 0 Å². The van der Waals surface area contributed by atoms with Gasteiger partial charge in [-0.15, -0.1) is 0 Å². The maximum Gasteiger partial charge on any atom is 0.229 e. The second-order valence-electron chi connectivity index (χ2n) is 3.80. The summed E-state index contributed by atoms with van der Waals surface area (Å²) in [5.74, 6) is -0.173. The summed E-state index contributed by atoms with van der Waals surface area (Å²) in [4.78, 5) is 24.7. The molecule has 0 unspecified atom stereocenters. The van der Waals surface area contributed by atoms with Gasteiger partial charge < -0.3 is 10.0 Å². The molecule has 16 heavy (non-hydrogen) atoms. The van der Waals surface area contributed by atoms with Gasteiger partial charge in [0.25, 0.3) is 0 Å². The molecular formula is C12H13NO3. The van der Waals surface area contributed by atoms with E-state index in [4.69, 9.17) is 5.11 Å². The number of rotatable bonds is 2. The Bertz CT molecular complexity index is 428. The number of aliphatic hydroxyl groups excluding tert-OH is 1. The third-order valence-corrected chi connectivity index (χ3v) is 2.63. The van der Waals surface area contributed by atoms with E-state index in [1.807, 2.05) is 24.3 Å². The van der Waals surface area contributed by atoms with Crippen molar-refractivity contribution in [3.05, 3.63) is 29.8 Å². The molecule has 4 heteroatoms. The van der Waals surface area contributed by atoms with Crippen LogP contribution in [0, 0.1) is 0 Å². The predicted molar refractivity (Wildman–Crippen MR) is 59.2 cm³/mol. The Morgan fingerprint density at radius 3 is 2.88 bits per heavy atom. The SMILES string of the molecule is O=C1Cc2ccccc2N(C(=O)CCO)C1. The molecule has 1 heterocycles. The quantitative estimate of drug-likeness (QED) is 0.789. The number of carbonyl (C=O) groups excluding carboxylic acids is 2. The first-order chi connectivity index (χ1) is 7.72. The summed E-state index contributed by atoms with van der Waals surface area (Å²) in [5, 5.41) is 8.75. The number of ketones is 1. The Morgan fingerprint density at radius 2 is 2.12 bits per heavy atom. The van der Waals surface area contributed by atoms with Crippen LogP contribution in [0.3, 0.4) is 0 Å². The van der Waals surface area contributed by atoms with Crippen LogP contribution < -0.4 is 4.90 Å². The fourth-order valence-corrected chi connectivity index (χ4v) is 1.91. The van der Waals surface area contributed by atoms with E-state index in [2.05, 4.69) is 0 Å². The smallest absolute Gasteiger partial charge is 0.229 e. The van der Waals surface area contributed by atoms with Crippen molar-refractivity contribution in [2.75, 3.05) is 18.1 Å². The lowest BCUT2D eigenvalue weighted by Gasteiger charge is -2.28. The highest BCUT2D eigenvalue weighted by Crippen LogP contribution is 2.25. The fraction of sp³-hybridized carbons (Fsp3) is 0.333. The van der Waals surface area contributed by atoms with Crippen molar-refractivity contribution < 1.29 is 14.7 Å². The highest BCUT2D eigenvalue weighted by atomic mass is 16.3. The van der Waals surface area contributed by atoms with Crippen molar-refractivity contribution in [3.63, 3.8) is 0 Å². The second kappa shape index (κ2) is 4.45. The molecule has 0 bridgehead atoms. The van der Waals surface area contributed by atoms with Crippen LogP contribution in [0.2, 0.25) is 0 Å². The first-order valence-corrected chi connectivity index (χ1v) is 5.23. The average molecular weight is 219 g/mol. The highest BCUT2D eigenvalue weighted by Gasteiger charge is 2.25. The Balaban J connectivity index is 2.33. The molecular weight excluding hydrogens is 206 g/mol. The molecule has 2 rings (SSSR count). The summed E-state index contributed by atoms with van der Waals surface area (Å²) in [6, 6.07) is 7.38. The molecule has 0 saturated carbocycles. The van der Waals surface area contributed by atoms with Gasteiger partial charge in [0.1, 0.15) is 0 Å². The van der Waals surface area contributed by atoms with Gasteiger partial charge in [-0.2, -0.15) is 0 Å². The summed E-state index contributed by atoms with van der Waals surface area (Å²) in [6.07, 6.45) is 0.445. The Labute approximate surface area is 93.5 Å². The molecule has 1 amide bonds. The topological polar surface area (TPSA) is 57.6 Å². The Kier molecular flexibility index (Phi) is 3.01. The summed E-state index contributed by atoms with van der Waals surface area (Å²) in [5.41, 5.74) is 1.67. The van der Waals surface area contributed by atoms with E-state index in [0.29, 0.717) is 6.42 Å². The lowest BCUT2D eigenvalue weighted by atomic mass is 10.0. The molecule has 0 saturated heterocycles. The van der Waals surface area contributed by atoms with E-state index in [-0.39, 0.29) is 31.3 Å². The normalized spacial score (nSPS) is 14.8. The predicted octanol–water partition coefficient (Wildman–Crippen LogP) is 0.527. The molecule has 1 aromatic rings. The largest absolute Gasteiger partial charge is 0.396 e. The van der Waals surface area contributed by atoms with Crippen LogP contribution in [-0.2, 0) is 16.0 Å². The maximum atomic E-state index is 11.7. The van der Waals surface area contributed by atoms with Gasteiger partial charge in [0, 0.05) is 12.1 Å². The molecule has 1 aliphatic heterocycles. The van der Waals surface area contributed by atoms with Gasteiger partial charge in [-0.25, -0.2) is 0 Å². The van der Waals surface area contributed by atoms with Crippen molar-refractivity contribution in [1.29, 1.82) is 0 Å². The van der Waals surface area contributed by atoms with Crippen LogP contribution in [0.4, 0.5) is 5.69 Å². The highest BCUT2D eigenvalue weighted by molar-refractivity contribution is 6.03. The molecule has 0 atom stereocenters. The van der Waals surface area contributed by atoms with Gasteiger partial charge in [-0.3, -0.25) is 9.59 Å². The van der Waals surface area contributed by atoms with Crippen LogP contribution in [0.15, 0.2) is 24.3 Å². The molecule has 0 spiro atoms. The van der Waals surface area contributed by atoms with Gasteiger partial charge in [-0.1, -0.05) is 18.2 Å². The molecule has 0 aromatic heterocycles. The van der Waals surface area contributed by atoms with E-state index in [1.165, 1.54) is 4.90 Å². The van der Waals surface area contributed by atoms with Gasteiger partial charge in [0.2, 0.25) is 5.91 Å². The molecule has 4 nitrogen and oxygen atoms in total. The van der Waals surface area contributed by atoms with Crippen LogP contribution in [0.1, 0.15) is 12.0 Å². The van der Waals surface area contributed by atoms with E-state index >= 15 is 0 Å². The number of Topliss-reactive ketones (excluding diaryl/α,β-unsaturated/α-hetero) is 1. The second-order valence-corrected chi connectivity index (χ2v) is 3.80. The minimum absolute atomic E-state index is 0.0324. The van der Waals surface area contributed by atoms with Crippen molar-refractivity contribution in [2.45, 2.75) is 12.8 Å². The number of aliphatic hydroxyl groups is 1. The zero-order valence-electron chi connectivity index (χ0n) is 8.85. The van der Waals surface area contributed by atoms with Gasteiger partial charge >= 0.3 is 0 Å². The number of anilines is 1. The fourth-order valence-electron chi connectivity index (χ4n) is 1.91. The minimum Gasteiger partial charge on any atom is -0.396 e. The Morgan fingerprint density at radius 1 is 1.38 bits per heavy atom. The number of amides is 1. The lowest BCUT2D eigenvalue weighted by molar-refractivity contribution is -0.123. The number of fused-ring (bicyclic) bond motifs is 1. The number of benzene rings is 1. The third-order valence-electron chi connectivity index (χ3n) is 2.63. The third kappa shape index (κ3) is 1.97. The lowest BCUT2D eigenvalue weighted by Crippen LogP contribution is -2.40. The standard InChI is InChI=1S/C12H13NO3/c14-6-5-12(16)13-8-10(15)7-9-3-1-2-4-11(9)13/h1-4,14H,5-8H2. The molecule has 0 aliphatic carbocycles. The molecule has 0 fully saturated rings. The number of carbonyl (C=O) groups is 2. The van der Waals surface area contributed by atoms with E-state index in [0.717, 1.165) is 11.3 Å². The van der Waals surface area contributed by atoms with Crippen LogP contribution in [0.25, 0.3) is 0 Å². The molecule has 1 aromatic carbocycles. The van der Waals surface area contributed by atoms with E-state index in [9.17, 15) is 9.59 Å². The monoisotopic (exact) mass is 219 g/mol. The number of hydrogen-bond donors (Lipinski definition) is 1. The molecule has 1 N–H and O–H groups in total. The zero-order chi connectivity index (χ0) is 11.5. The van der Waals surface area contributed by atoms with Gasteiger partial charge in [0.15, 0.2) is 5.78 Å². The first kappa shape index (κ1) is 10.8. The number of hydrogen-bond acceptors (Lipinski definition) is 3. The van der Waals surface area contributed by atoms with Crippen LogP contribution >= 0.6 is 0 Å². The zero-order valence-corrected chi connectivity index (χ0v) is 8.85. The first-order valence-electron chi connectivity index (χ1n) is 5.23. The molecule has 84 valence electrons. The average Bonchev–Trinajstić information content (AvgIpc) is 2.28. The van der Waals surface area contributed by atoms with Crippen molar-refractivity contribution in [3.8, 4) is 0 Å². The number of nitrogens with zero attached hydrogens (tertiary/aromatic N) is 1. The summed E-state index contributed by atoms with van der Waals surface area (Å²) in [6.45, 7) is -0.0679. The summed E-state index contributed by atoms with van der Waals surface area (Å²) < 4.78 is 0. The van der Waals surface area contributed by atoms with Crippen LogP contribution in [-0.4, -0.2) is 29.9 Å². The summed E-state index contributed by atoms with van der Waals surface area (Å²) in [7, 11) is 0. The Hall–Kier alpha value is -1.68. The van der Waals surface area contributed by atoms with Crippen molar-refractivity contribution >= 4 is 17.4 Å². The van der Waals surface area contributed by atoms with E-state index in [1.54, 1.807) is 0 Å². The molecule has 1 aliphatic rings. The van der Waals surface area contributed by atoms with Crippen molar-refractivity contribution in [1.82, 2.24) is 0 Å².